The van der Waals surface area contributed by atoms with Crippen molar-refractivity contribution in [2.45, 2.75) is 0 Å². The number of ether oxygens (including phenoxy) is 1. The monoisotopic (exact) mass is 279 g/mol. The van der Waals surface area contributed by atoms with Gasteiger partial charge in [0.25, 0.3) is 6.01 Å². The van der Waals surface area contributed by atoms with Crippen molar-refractivity contribution in [2.75, 3.05) is 25.1 Å². The van der Waals surface area contributed by atoms with E-state index in [1.165, 1.54) is 12.1 Å². The van der Waals surface area contributed by atoms with E-state index < -0.39 is 11.9 Å². The van der Waals surface area contributed by atoms with E-state index in [-0.39, 0.29) is 24.8 Å². The van der Waals surface area contributed by atoms with Gasteiger partial charge in [0.2, 0.25) is 5.91 Å². The fourth-order valence-electron chi connectivity index (χ4n) is 1.54. The van der Waals surface area contributed by atoms with Gasteiger partial charge in [0.15, 0.2) is 5.58 Å². The van der Waals surface area contributed by atoms with E-state index in [4.69, 9.17) is 20.0 Å². The van der Waals surface area contributed by atoms with Crippen molar-refractivity contribution in [3.05, 3.63) is 23.8 Å². The van der Waals surface area contributed by atoms with Crippen LogP contribution < -0.4 is 11.1 Å². The Labute approximate surface area is 113 Å². The van der Waals surface area contributed by atoms with Gasteiger partial charge in [-0.05, 0) is 18.2 Å². The molecular formula is C12H13N3O5. The summed E-state index contributed by atoms with van der Waals surface area (Å²) in [4.78, 5) is 25.4. The van der Waals surface area contributed by atoms with Crippen LogP contribution >= 0.6 is 0 Å². The van der Waals surface area contributed by atoms with Gasteiger partial charge in [-0.15, -0.1) is 0 Å². The van der Waals surface area contributed by atoms with Gasteiger partial charge in [0.05, 0.1) is 12.2 Å². The Bertz CT molecular complexity index is 637. The lowest BCUT2D eigenvalue weighted by Gasteiger charge is -2.01. The summed E-state index contributed by atoms with van der Waals surface area (Å²) in [7, 11) is 0. The summed E-state index contributed by atoms with van der Waals surface area (Å²) >= 11 is 0. The number of nitrogens with one attached hydrogen (secondary N) is 1. The van der Waals surface area contributed by atoms with E-state index in [0.29, 0.717) is 17.6 Å². The summed E-state index contributed by atoms with van der Waals surface area (Å²) in [6, 6.07) is 4.67. The molecule has 20 heavy (non-hydrogen) atoms. The molecule has 1 heterocycles. The second-order valence-corrected chi connectivity index (χ2v) is 3.95. The molecule has 0 aliphatic heterocycles. The third-order valence-electron chi connectivity index (χ3n) is 2.40. The van der Waals surface area contributed by atoms with Gasteiger partial charge < -0.3 is 25.3 Å². The van der Waals surface area contributed by atoms with Crippen LogP contribution in [0.1, 0.15) is 10.4 Å². The van der Waals surface area contributed by atoms with Crippen molar-refractivity contribution >= 4 is 29.0 Å². The van der Waals surface area contributed by atoms with Crippen LogP contribution in [-0.2, 0) is 9.53 Å². The highest BCUT2D eigenvalue weighted by Gasteiger charge is 2.09. The van der Waals surface area contributed by atoms with Crippen LogP contribution in [0.3, 0.4) is 0 Å². The number of carboxylic acid groups (broad SMARTS) is 1. The van der Waals surface area contributed by atoms with Gasteiger partial charge in [-0.25, -0.2) is 4.79 Å². The van der Waals surface area contributed by atoms with Crippen LogP contribution in [0.25, 0.3) is 11.1 Å². The van der Waals surface area contributed by atoms with Crippen LogP contribution in [-0.4, -0.2) is 41.7 Å². The first-order valence-electron chi connectivity index (χ1n) is 5.80. The summed E-state index contributed by atoms with van der Waals surface area (Å²) in [6.07, 6.45) is 0. The molecule has 0 unspecified atom stereocenters. The third kappa shape index (κ3) is 3.45. The van der Waals surface area contributed by atoms with Gasteiger partial charge in [-0.1, -0.05) is 0 Å². The molecule has 1 amide bonds. The van der Waals surface area contributed by atoms with Crippen molar-refractivity contribution < 1.29 is 23.8 Å². The second-order valence-electron chi connectivity index (χ2n) is 3.95. The number of amides is 1. The molecule has 0 aliphatic carbocycles. The SMILES string of the molecule is NC(=O)COCCNc1nc2ccc(C(=O)O)cc2o1. The highest BCUT2D eigenvalue weighted by molar-refractivity contribution is 5.92. The number of benzene rings is 1. The number of aromatic nitrogens is 1. The number of primary amides is 1. The summed E-state index contributed by atoms with van der Waals surface area (Å²) in [5.41, 5.74) is 5.97. The third-order valence-corrected chi connectivity index (χ3v) is 2.40. The molecule has 0 atom stereocenters. The minimum absolute atomic E-state index is 0.130. The average Bonchev–Trinajstić information content (AvgIpc) is 2.79. The maximum absolute atomic E-state index is 10.8. The number of oxazole rings is 1. The van der Waals surface area contributed by atoms with Gasteiger partial charge >= 0.3 is 5.97 Å². The van der Waals surface area contributed by atoms with E-state index in [2.05, 4.69) is 10.3 Å². The number of aromatic carboxylic acids is 1. The van der Waals surface area contributed by atoms with E-state index in [9.17, 15) is 9.59 Å². The fraction of sp³-hybridized carbons (Fsp3) is 0.250. The zero-order valence-electron chi connectivity index (χ0n) is 10.5. The van der Waals surface area contributed by atoms with Crippen LogP contribution in [0.5, 0.6) is 0 Å². The molecule has 0 saturated heterocycles. The van der Waals surface area contributed by atoms with Crippen molar-refractivity contribution in [2.24, 2.45) is 5.73 Å². The quantitative estimate of drug-likeness (QED) is 0.627. The van der Waals surface area contributed by atoms with Crippen LogP contribution in [0, 0.1) is 0 Å². The fourth-order valence-corrected chi connectivity index (χ4v) is 1.54. The molecule has 2 aromatic rings. The summed E-state index contributed by atoms with van der Waals surface area (Å²) < 4.78 is 10.3. The zero-order chi connectivity index (χ0) is 14.5. The number of carboxylic acids is 1. The summed E-state index contributed by atoms with van der Waals surface area (Å²) in [5, 5.41) is 11.7. The Morgan fingerprint density at radius 2 is 2.25 bits per heavy atom. The van der Waals surface area contributed by atoms with E-state index in [0.717, 1.165) is 0 Å². The van der Waals surface area contributed by atoms with E-state index in [1.807, 2.05) is 0 Å². The zero-order valence-corrected chi connectivity index (χ0v) is 10.5. The second kappa shape index (κ2) is 6.02. The molecule has 106 valence electrons. The molecule has 0 bridgehead atoms. The van der Waals surface area contributed by atoms with Crippen LogP contribution in [0.15, 0.2) is 22.6 Å². The number of fused-ring (bicyclic) bond motifs is 1. The predicted molar refractivity (Wildman–Crippen MR) is 69.5 cm³/mol. The first-order valence-corrected chi connectivity index (χ1v) is 5.80. The van der Waals surface area contributed by atoms with Crippen LogP contribution in [0.4, 0.5) is 6.01 Å². The Morgan fingerprint density at radius 3 is 2.95 bits per heavy atom. The Hall–Kier alpha value is -2.61. The lowest BCUT2D eigenvalue weighted by Crippen LogP contribution is -2.20. The molecular weight excluding hydrogens is 266 g/mol. The van der Waals surface area contributed by atoms with Crippen molar-refractivity contribution in [3.63, 3.8) is 0 Å². The molecule has 1 aromatic carbocycles. The molecule has 0 spiro atoms. The minimum atomic E-state index is -1.03. The number of hydrogen-bond acceptors (Lipinski definition) is 6. The molecule has 8 nitrogen and oxygen atoms in total. The Balaban J connectivity index is 1.94. The lowest BCUT2D eigenvalue weighted by atomic mass is 10.2. The molecule has 8 heteroatoms. The smallest absolute Gasteiger partial charge is 0.335 e. The molecule has 4 N–H and O–H groups in total. The van der Waals surface area contributed by atoms with Crippen LogP contribution in [0.2, 0.25) is 0 Å². The van der Waals surface area contributed by atoms with Gasteiger partial charge in [0.1, 0.15) is 12.1 Å². The largest absolute Gasteiger partial charge is 0.478 e. The minimum Gasteiger partial charge on any atom is -0.478 e. The molecule has 1 aromatic heterocycles. The molecule has 2 rings (SSSR count). The van der Waals surface area contributed by atoms with Gasteiger partial charge in [-0.2, -0.15) is 4.98 Å². The predicted octanol–water partition coefficient (Wildman–Crippen LogP) is 0.440. The van der Waals surface area contributed by atoms with Crippen molar-refractivity contribution in [3.8, 4) is 0 Å². The first-order chi connectivity index (χ1) is 9.56. The lowest BCUT2D eigenvalue weighted by molar-refractivity contribution is -0.122. The highest BCUT2D eigenvalue weighted by atomic mass is 16.5. The molecule has 0 fully saturated rings. The normalized spacial score (nSPS) is 10.6. The Morgan fingerprint density at radius 1 is 1.45 bits per heavy atom. The number of anilines is 1. The first kappa shape index (κ1) is 13.8. The number of hydrogen-bond donors (Lipinski definition) is 3. The highest BCUT2D eigenvalue weighted by Crippen LogP contribution is 2.20. The molecule has 0 saturated carbocycles. The van der Waals surface area contributed by atoms with Crippen molar-refractivity contribution in [1.29, 1.82) is 0 Å². The number of carbonyl (C=O) groups excluding carboxylic acids is 1. The number of rotatable bonds is 7. The van der Waals surface area contributed by atoms with E-state index >= 15 is 0 Å². The Kier molecular flexibility index (Phi) is 4.16. The van der Waals surface area contributed by atoms with Gasteiger partial charge in [0, 0.05) is 6.54 Å². The maximum atomic E-state index is 10.8. The summed E-state index contributed by atoms with van der Waals surface area (Å²) in [6.45, 7) is 0.505. The number of nitrogens with two attached hydrogens (primary N) is 1. The topological polar surface area (TPSA) is 128 Å². The van der Waals surface area contributed by atoms with Crippen molar-refractivity contribution in [1.82, 2.24) is 4.98 Å². The molecule has 0 aliphatic rings. The maximum Gasteiger partial charge on any atom is 0.335 e. The van der Waals surface area contributed by atoms with E-state index in [1.54, 1.807) is 6.07 Å². The standard InChI is InChI=1S/C12H13N3O5/c13-10(16)6-19-4-3-14-12-15-8-2-1-7(11(17)18)5-9(8)20-12/h1-2,5H,3-4,6H2,(H2,13,16)(H,14,15)(H,17,18). The number of nitrogens with zero attached hydrogens (tertiary/aromatic N) is 1. The summed E-state index contributed by atoms with van der Waals surface area (Å²) in [5.74, 6) is -1.56. The number of carbonyl (C=O) groups is 2. The molecule has 0 radical (unpaired) electrons. The average molecular weight is 279 g/mol. The van der Waals surface area contributed by atoms with Gasteiger partial charge in [-0.3, -0.25) is 4.79 Å².